The Morgan fingerprint density at radius 2 is 1.58 bits per heavy atom. The Hall–Kier alpha value is -3.82. The maximum Gasteiger partial charge on any atom is 0.339 e. The van der Waals surface area contributed by atoms with Crippen molar-refractivity contribution in [2.24, 2.45) is 5.14 Å². The fourth-order valence-corrected chi connectivity index (χ4v) is 3.70. The van der Waals surface area contributed by atoms with E-state index in [1.54, 1.807) is 18.2 Å². The number of nitrogens with two attached hydrogens (primary N) is 1. The average Bonchev–Trinajstić information content (AvgIpc) is 2.78. The first-order valence-electron chi connectivity index (χ1n) is 9.87. The summed E-state index contributed by atoms with van der Waals surface area (Å²) in [5, 5.41) is 7.52. The Balaban J connectivity index is 1.72. The fourth-order valence-electron chi connectivity index (χ4n) is 3.14. The number of anilines is 1. The number of hydrogen-bond donors (Lipinski definition) is 2. The van der Waals surface area contributed by atoms with Crippen LogP contribution in [0.2, 0.25) is 0 Å². The number of carbonyl (C=O) groups is 3. The molecule has 0 bridgehead atoms. The van der Waals surface area contributed by atoms with Crippen molar-refractivity contribution in [3.8, 4) is 0 Å². The van der Waals surface area contributed by atoms with Gasteiger partial charge in [0.1, 0.15) is 0 Å². The van der Waals surface area contributed by atoms with Crippen LogP contribution in [0, 0.1) is 13.8 Å². The number of ketones is 1. The van der Waals surface area contributed by atoms with E-state index in [0.717, 1.165) is 11.1 Å². The quantitative estimate of drug-likeness (QED) is 0.406. The number of primary sulfonamides is 1. The summed E-state index contributed by atoms with van der Waals surface area (Å²) in [5.74, 6) is -1.85. The normalized spacial score (nSPS) is 11.0. The van der Waals surface area contributed by atoms with E-state index in [2.05, 4.69) is 5.32 Å². The number of ether oxygens (including phenoxy) is 1. The number of rotatable bonds is 7. The van der Waals surface area contributed by atoms with Gasteiger partial charge in [-0.3, -0.25) is 9.59 Å². The molecular weight excluding hydrogens is 444 g/mol. The highest BCUT2D eigenvalue weighted by Gasteiger charge is 2.21. The van der Waals surface area contributed by atoms with E-state index < -0.39 is 28.5 Å². The Morgan fingerprint density at radius 3 is 2.27 bits per heavy atom. The van der Waals surface area contributed by atoms with Crippen molar-refractivity contribution < 1.29 is 27.5 Å². The summed E-state index contributed by atoms with van der Waals surface area (Å²) in [7, 11) is -3.93. The molecule has 9 heteroatoms. The average molecular weight is 467 g/mol. The van der Waals surface area contributed by atoms with Crippen molar-refractivity contribution in [2.75, 3.05) is 11.9 Å². The predicted molar refractivity (Wildman–Crippen MR) is 123 cm³/mol. The van der Waals surface area contributed by atoms with Crippen molar-refractivity contribution in [3.63, 3.8) is 0 Å². The number of carbonyl (C=O) groups excluding carboxylic acids is 3. The lowest BCUT2D eigenvalue weighted by molar-refractivity contribution is -0.119. The molecule has 0 aliphatic rings. The van der Waals surface area contributed by atoms with E-state index in [-0.39, 0.29) is 27.5 Å². The molecule has 0 aliphatic carbocycles. The smallest absolute Gasteiger partial charge is 0.339 e. The summed E-state index contributed by atoms with van der Waals surface area (Å²) in [5.41, 5.74) is 2.53. The van der Waals surface area contributed by atoms with Gasteiger partial charge in [-0.15, -0.1) is 0 Å². The summed E-state index contributed by atoms with van der Waals surface area (Å²) >= 11 is 0. The molecule has 0 fully saturated rings. The van der Waals surface area contributed by atoms with Crippen LogP contribution in [0.25, 0.3) is 0 Å². The summed E-state index contributed by atoms with van der Waals surface area (Å²) < 4.78 is 28.0. The molecule has 0 spiro atoms. The Morgan fingerprint density at radius 1 is 0.879 bits per heavy atom. The van der Waals surface area contributed by atoms with Gasteiger partial charge < -0.3 is 10.1 Å². The van der Waals surface area contributed by atoms with Crippen LogP contribution in [0.1, 0.15) is 37.4 Å². The second-order valence-corrected chi connectivity index (χ2v) is 8.95. The van der Waals surface area contributed by atoms with Crippen LogP contribution in [0.15, 0.2) is 71.6 Å². The molecular formula is C24H22N2O6S. The van der Waals surface area contributed by atoms with Crippen LogP contribution >= 0.6 is 0 Å². The zero-order chi connectivity index (χ0) is 24.2. The lowest BCUT2D eigenvalue weighted by atomic mass is 9.94. The maximum absolute atomic E-state index is 13.1. The summed E-state index contributed by atoms with van der Waals surface area (Å²) in [6, 6.07) is 17.0. The Bertz CT molecular complexity index is 1350. The van der Waals surface area contributed by atoms with Crippen LogP contribution < -0.4 is 10.5 Å². The van der Waals surface area contributed by atoms with Gasteiger partial charge in [0.2, 0.25) is 10.0 Å². The van der Waals surface area contributed by atoms with Gasteiger partial charge in [-0.25, -0.2) is 18.4 Å². The standard InChI is InChI=1S/C24H22N2O6S/c1-15-10-11-16(2)21(12-15)23(28)19-8-3-4-9-20(19)24(29)32-14-22(27)26-17-6-5-7-18(13-17)33(25,30)31/h3-13H,14H2,1-2H3,(H,26,27)(H2,25,30,31). The first-order chi connectivity index (χ1) is 15.6. The molecule has 8 nitrogen and oxygen atoms in total. The molecule has 3 aromatic carbocycles. The molecule has 0 radical (unpaired) electrons. The molecule has 3 aromatic rings. The first-order valence-corrected chi connectivity index (χ1v) is 11.4. The summed E-state index contributed by atoms with van der Waals surface area (Å²) in [4.78, 5) is 37.8. The van der Waals surface area contributed by atoms with Crippen molar-refractivity contribution in [2.45, 2.75) is 18.7 Å². The van der Waals surface area contributed by atoms with Crippen LogP contribution in [0.5, 0.6) is 0 Å². The maximum atomic E-state index is 13.1. The van der Waals surface area contributed by atoms with Crippen molar-refractivity contribution in [1.29, 1.82) is 0 Å². The molecule has 0 aliphatic heterocycles. The van der Waals surface area contributed by atoms with Crippen LogP contribution in [-0.2, 0) is 19.6 Å². The predicted octanol–water partition coefficient (Wildman–Crippen LogP) is 2.98. The lowest BCUT2D eigenvalue weighted by Gasteiger charge is -2.11. The monoisotopic (exact) mass is 466 g/mol. The third-order valence-corrected chi connectivity index (χ3v) is 5.72. The van der Waals surface area contributed by atoms with Crippen LogP contribution in [-0.4, -0.2) is 32.7 Å². The van der Waals surface area contributed by atoms with Gasteiger partial charge >= 0.3 is 5.97 Å². The summed E-state index contributed by atoms with van der Waals surface area (Å²) in [6.45, 7) is 3.04. The van der Waals surface area contributed by atoms with Gasteiger partial charge in [-0.2, -0.15) is 0 Å². The van der Waals surface area contributed by atoms with E-state index in [0.29, 0.717) is 5.56 Å². The molecule has 0 unspecified atom stereocenters. The van der Waals surface area contributed by atoms with Crippen LogP contribution in [0.4, 0.5) is 5.69 Å². The van der Waals surface area contributed by atoms with Crippen molar-refractivity contribution in [3.05, 3.63) is 94.5 Å². The second-order valence-electron chi connectivity index (χ2n) is 7.39. The zero-order valence-electron chi connectivity index (χ0n) is 18.0. The molecule has 170 valence electrons. The van der Waals surface area contributed by atoms with Gasteiger partial charge in [-0.1, -0.05) is 42.0 Å². The van der Waals surface area contributed by atoms with Crippen molar-refractivity contribution in [1.82, 2.24) is 0 Å². The number of amides is 1. The number of aryl methyl sites for hydroxylation is 2. The largest absolute Gasteiger partial charge is 0.452 e. The molecule has 0 saturated heterocycles. The van der Waals surface area contributed by atoms with Crippen molar-refractivity contribution >= 4 is 33.4 Å². The topological polar surface area (TPSA) is 133 Å². The first kappa shape index (κ1) is 23.8. The number of nitrogens with one attached hydrogen (secondary N) is 1. The Labute approximate surface area is 191 Å². The summed E-state index contributed by atoms with van der Waals surface area (Å²) in [6.07, 6.45) is 0. The van der Waals surface area contributed by atoms with E-state index in [4.69, 9.17) is 9.88 Å². The SMILES string of the molecule is Cc1ccc(C)c(C(=O)c2ccccc2C(=O)OCC(=O)Nc2cccc(S(N)(=O)=O)c2)c1. The minimum Gasteiger partial charge on any atom is -0.452 e. The van der Waals surface area contributed by atoms with Crippen LogP contribution in [0.3, 0.4) is 0 Å². The van der Waals surface area contributed by atoms with E-state index in [9.17, 15) is 22.8 Å². The molecule has 33 heavy (non-hydrogen) atoms. The number of sulfonamides is 1. The second kappa shape index (κ2) is 9.76. The van der Waals surface area contributed by atoms with Gasteiger partial charge in [0.15, 0.2) is 12.4 Å². The highest BCUT2D eigenvalue weighted by atomic mass is 32.2. The molecule has 0 atom stereocenters. The van der Waals surface area contributed by atoms with E-state index >= 15 is 0 Å². The van der Waals surface area contributed by atoms with E-state index in [1.165, 1.54) is 36.4 Å². The lowest BCUT2D eigenvalue weighted by Crippen LogP contribution is -2.22. The molecule has 0 aromatic heterocycles. The molecule has 0 heterocycles. The fraction of sp³-hybridized carbons (Fsp3) is 0.125. The highest BCUT2D eigenvalue weighted by molar-refractivity contribution is 7.89. The highest BCUT2D eigenvalue weighted by Crippen LogP contribution is 2.20. The minimum absolute atomic E-state index is 0.0347. The van der Waals surface area contributed by atoms with Gasteiger partial charge in [-0.05, 0) is 49.7 Å². The number of esters is 1. The third-order valence-electron chi connectivity index (χ3n) is 4.81. The molecule has 1 amide bonds. The van der Waals surface area contributed by atoms with E-state index in [1.807, 2.05) is 26.0 Å². The molecule has 3 rings (SSSR count). The zero-order valence-corrected chi connectivity index (χ0v) is 18.8. The third kappa shape index (κ3) is 5.91. The number of benzene rings is 3. The minimum atomic E-state index is -3.93. The van der Waals surface area contributed by atoms with Gasteiger partial charge in [0, 0.05) is 16.8 Å². The molecule has 0 saturated carbocycles. The number of hydrogen-bond acceptors (Lipinski definition) is 6. The Kier molecular flexibility index (Phi) is 7.05. The van der Waals surface area contributed by atoms with Gasteiger partial charge in [0.25, 0.3) is 5.91 Å². The van der Waals surface area contributed by atoms with Gasteiger partial charge in [0.05, 0.1) is 10.5 Å². The molecule has 3 N–H and O–H groups in total.